The average Bonchev–Trinajstić information content (AvgIpc) is 3.03. The van der Waals surface area contributed by atoms with E-state index >= 15 is 4.39 Å². The summed E-state index contributed by atoms with van der Waals surface area (Å²) in [7, 11) is -8.65. The van der Waals surface area contributed by atoms with Crippen molar-refractivity contribution < 1.29 is 172 Å². The van der Waals surface area contributed by atoms with Gasteiger partial charge in [0.2, 0.25) is 0 Å². The predicted molar refractivity (Wildman–Crippen MR) is 112 cm³/mol. The highest BCUT2D eigenvalue weighted by molar-refractivity contribution is 7.90. The third-order valence-corrected chi connectivity index (χ3v) is 9.76. The first kappa shape index (κ1) is 55.9. The molecule has 61 heavy (non-hydrogen) atoms. The number of rotatable bonds is 15. The van der Waals surface area contributed by atoms with E-state index in [-0.39, 0.29) is 0 Å². The molecule has 5 nitrogen and oxygen atoms in total. The fourth-order valence-electron chi connectivity index (χ4n) is 4.39. The molecule has 0 amide bonds. The lowest BCUT2D eigenvalue weighted by Gasteiger charge is -2.57. The molecule has 0 atom stereocenters. The number of carboxylic acid groups (broad SMARTS) is 1. The molecule has 1 rings (SSSR count). The highest BCUT2D eigenvalue weighted by Crippen LogP contribution is 2.76. The Morgan fingerprint density at radius 1 is 0.393 bits per heavy atom. The van der Waals surface area contributed by atoms with Gasteiger partial charge in [-0.25, -0.2) is 21.9 Å². The molecule has 0 spiro atoms. The Morgan fingerprint density at radius 2 is 0.607 bits per heavy atom. The van der Waals surface area contributed by atoms with E-state index in [2.05, 4.69) is 0 Å². The molecule has 1 saturated carbocycles. The second kappa shape index (κ2) is 13.3. The number of hydrogen-bond acceptors (Lipinski definition) is 3. The highest BCUT2D eigenvalue weighted by Gasteiger charge is 3.10. The summed E-state index contributed by atoms with van der Waals surface area (Å²) >= 11 is 0. The minimum absolute atomic E-state index is 0.570. The molecule has 0 unspecified atom stereocenters. The largest absolute Gasteiger partial charge is 0.480 e. The molecule has 0 aromatic rings. The quantitative estimate of drug-likeness (QED) is 0.160. The number of nitrogens with one attached hydrogen (secondary N) is 1. The van der Waals surface area contributed by atoms with Crippen molar-refractivity contribution in [1.82, 2.24) is 4.72 Å². The molecule has 2 N–H and O–H groups in total. The monoisotopic (exact) mass is 1020 g/mol. The number of halogens is 35. The van der Waals surface area contributed by atoms with Gasteiger partial charge in [0, 0.05) is 0 Å². The lowest BCUT2D eigenvalue weighted by Crippen LogP contribution is -2.92. The minimum atomic E-state index is -10.6. The number of carboxylic acids is 1. The number of sulfonamides is 1. The standard InChI is InChI=1S/C20H4F35NO4S/c21-3(5(24,25)16(46,47)19(52,17(48,49)6(3,26)27)61(59,60)56-1-2(57)58)4(22,23)7(28,29)8(30,31)9(32,33)10(34,35)11(36,37)12(38,39)13(40,41)14(42,43)15(44,45)18(50,51)20(53,54)55/h56H,1H2,(H,57,58). The Balaban J connectivity index is 4.35. The number of aliphatic carboxylic acids is 1. The zero-order valence-corrected chi connectivity index (χ0v) is 26.8. The molecular weight excluding hydrogens is 1020 g/mol. The van der Waals surface area contributed by atoms with Gasteiger partial charge < -0.3 is 5.11 Å². The maximum Gasteiger partial charge on any atom is 0.460 e. The third-order valence-electron chi connectivity index (χ3n) is 7.98. The normalized spacial score (nSPS) is 25.4. The predicted octanol–water partition coefficient (Wildman–Crippen LogP) is 9.47. The Kier molecular flexibility index (Phi) is 12.2. The summed E-state index contributed by atoms with van der Waals surface area (Å²) in [6.45, 7) is -2.97. The van der Waals surface area contributed by atoms with Gasteiger partial charge >= 0.3 is 112 Å². The van der Waals surface area contributed by atoms with Gasteiger partial charge in [0.05, 0.1) is 0 Å². The Bertz CT molecular complexity index is 1800. The molecule has 41 heteroatoms. The summed E-state index contributed by atoms with van der Waals surface area (Å²) in [5.74, 6) is -153. The minimum Gasteiger partial charge on any atom is -0.480 e. The van der Waals surface area contributed by atoms with Gasteiger partial charge in [0.15, 0.2) is 0 Å². The van der Waals surface area contributed by atoms with E-state index in [4.69, 9.17) is 5.11 Å². The first-order valence-corrected chi connectivity index (χ1v) is 14.5. The molecule has 1 aliphatic rings. The summed E-state index contributed by atoms with van der Waals surface area (Å²) < 4.78 is 510. The van der Waals surface area contributed by atoms with Crippen LogP contribution in [0.3, 0.4) is 0 Å². The van der Waals surface area contributed by atoms with Gasteiger partial charge in [-0.15, -0.1) is 0 Å². The molecule has 0 bridgehead atoms. The van der Waals surface area contributed by atoms with E-state index in [0.717, 1.165) is 0 Å². The van der Waals surface area contributed by atoms with Crippen LogP contribution in [0.15, 0.2) is 0 Å². The summed E-state index contributed by atoms with van der Waals surface area (Å²) in [6.07, 6.45) is -8.49. The van der Waals surface area contributed by atoms with E-state index in [1.807, 2.05) is 0 Å². The average molecular weight is 1020 g/mol. The van der Waals surface area contributed by atoms with E-state index < -0.39 is 133 Å². The van der Waals surface area contributed by atoms with Crippen molar-refractivity contribution in [2.75, 3.05) is 6.54 Å². The van der Waals surface area contributed by atoms with Crippen molar-refractivity contribution in [2.45, 2.75) is 106 Å². The molecule has 0 radical (unpaired) electrons. The van der Waals surface area contributed by atoms with Crippen LogP contribution in [0.1, 0.15) is 0 Å². The summed E-state index contributed by atoms with van der Waals surface area (Å²) in [5, 5.41) is -0.594. The van der Waals surface area contributed by atoms with Crippen LogP contribution >= 0.6 is 0 Å². The molecule has 1 fully saturated rings. The van der Waals surface area contributed by atoms with Crippen LogP contribution in [0.5, 0.6) is 0 Å². The zero-order valence-electron chi connectivity index (χ0n) is 26.0. The molecule has 364 valence electrons. The van der Waals surface area contributed by atoms with E-state index in [1.54, 1.807) is 0 Å². The van der Waals surface area contributed by atoms with Crippen molar-refractivity contribution in [3.63, 3.8) is 0 Å². The molecule has 0 aromatic heterocycles. The van der Waals surface area contributed by atoms with Crippen molar-refractivity contribution in [3.05, 3.63) is 0 Å². The van der Waals surface area contributed by atoms with Crippen molar-refractivity contribution >= 4 is 16.0 Å². The van der Waals surface area contributed by atoms with Gasteiger partial charge in [-0.05, 0) is 0 Å². The van der Waals surface area contributed by atoms with Crippen LogP contribution in [0.2, 0.25) is 0 Å². The first-order valence-electron chi connectivity index (χ1n) is 13.0. The molecular formula is C20H4F35NO4S. The summed E-state index contributed by atoms with van der Waals surface area (Å²) in [5.41, 5.74) is -10.3. The van der Waals surface area contributed by atoms with Crippen LogP contribution < -0.4 is 4.72 Å². The molecule has 0 aliphatic heterocycles. The molecule has 1 aliphatic carbocycles. The number of carbonyl (C=O) groups is 1. The van der Waals surface area contributed by atoms with Crippen molar-refractivity contribution in [1.29, 1.82) is 0 Å². The summed E-state index contributed by atoms with van der Waals surface area (Å²) in [4.78, 5) is 10.3. The number of hydrogen-bond donors (Lipinski definition) is 2. The van der Waals surface area contributed by atoms with Crippen LogP contribution in [-0.4, -0.2) is 132 Å². The third kappa shape index (κ3) is 5.68. The van der Waals surface area contributed by atoms with Gasteiger partial charge in [0.1, 0.15) is 6.54 Å². The molecule has 0 saturated heterocycles. The van der Waals surface area contributed by atoms with Gasteiger partial charge in [0.25, 0.3) is 10.0 Å². The zero-order chi connectivity index (χ0) is 50.5. The van der Waals surface area contributed by atoms with Crippen LogP contribution in [0.4, 0.5) is 154 Å². The molecule has 0 aromatic carbocycles. The van der Waals surface area contributed by atoms with Gasteiger partial charge in [-0.1, -0.05) is 0 Å². The van der Waals surface area contributed by atoms with Gasteiger partial charge in [-0.2, -0.15) is 145 Å². The lowest BCUT2D eigenvalue weighted by atomic mass is 9.67. The number of alkyl halides is 35. The van der Waals surface area contributed by atoms with Crippen molar-refractivity contribution in [3.8, 4) is 0 Å². The maximum atomic E-state index is 15.1. The topological polar surface area (TPSA) is 83.5 Å². The highest BCUT2D eigenvalue weighted by atomic mass is 32.2. The SMILES string of the molecule is O=C(O)CNS(=O)(=O)C1(F)C(F)(F)C(F)(F)C(F)(C(F)(F)C(F)(F)C(F)(F)C(F)(F)C(F)(F)C(F)(F)C(F)(F)C(F)(F)C(F)(F)C(F)(F)C(F)(F)C(F)(F)F)C(F)(F)C1(F)F. The van der Waals surface area contributed by atoms with Crippen LogP contribution in [0, 0.1) is 0 Å². The maximum absolute atomic E-state index is 15.1. The van der Waals surface area contributed by atoms with E-state index in [1.165, 1.54) is 0 Å². The smallest absolute Gasteiger partial charge is 0.460 e. The van der Waals surface area contributed by atoms with E-state index in [0.29, 0.717) is 0 Å². The molecule has 0 heterocycles. The Morgan fingerprint density at radius 3 is 0.820 bits per heavy atom. The Labute approximate surface area is 306 Å². The van der Waals surface area contributed by atoms with Crippen LogP contribution in [-0.2, 0) is 14.8 Å². The van der Waals surface area contributed by atoms with Gasteiger partial charge in [-0.3, -0.25) is 4.79 Å². The van der Waals surface area contributed by atoms with Crippen molar-refractivity contribution in [2.24, 2.45) is 0 Å². The Hall–Kier alpha value is -3.07. The second-order valence-corrected chi connectivity index (χ2v) is 13.4. The second-order valence-electron chi connectivity index (χ2n) is 11.6. The summed E-state index contributed by atoms with van der Waals surface area (Å²) in [6, 6.07) is 0. The van der Waals surface area contributed by atoms with Crippen LogP contribution in [0.25, 0.3) is 0 Å². The fraction of sp³-hybridized carbons (Fsp3) is 0.950. The fourth-order valence-corrected chi connectivity index (χ4v) is 5.83. The first-order chi connectivity index (χ1) is 25.7. The lowest BCUT2D eigenvalue weighted by molar-refractivity contribution is -0.508. The van der Waals surface area contributed by atoms with E-state index in [9.17, 15) is 162 Å².